The molecular formula is C19H28N4O. The fourth-order valence-electron chi connectivity index (χ4n) is 3.62. The smallest absolute Gasteiger partial charge is 0.160 e. The molecule has 24 heavy (non-hydrogen) atoms. The number of nitrogens with one attached hydrogen (secondary N) is 1. The first-order valence-corrected chi connectivity index (χ1v) is 9.10. The van der Waals surface area contributed by atoms with Gasteiger partial charge in [0.15, 0.2) is 5.65 Å². The van der Waals surface area contributed by atoms with Crippen LogP contribution >= 0.6 is 0 Å². The average Bonchev–Trinajstić information content (AvgIpc) is 2.98. The van der Waals surface area contributed by atoms with E-state index in [1.165, 1.54) is 32.1 Å². The van der Waals surface area contributed by atoms with Crippen molar-refractivity contribution >= 4 is 22.5 Å². The molecule has 0 aliphatic heterocycles. The molecule has 3 rings (SSSR count). The van der Waals surface area contributed by atoms with Gasteiger partial charge in [0.1, 0.15) is 5.76 Å². The molecule has 0 amide bonds. The lowest BCUT2D eigenvalue weighted by Crippen LogP contribution is -2.23. The van der Waals surface area contributed by atoms with Crippen LogP contribution in [0.25, 0.3) is 16.8 Å². The number of hydrogen-bond acceptors (Lipinski definition) is 4. The number of aryl methyl sites for hydroxylation is 2. The summed E-state index contributed by atoms with van der Waals surface area (Å²) < 4.78 is 7.66. The summed E-state index contributed by atoms with van der Waals surface area (Å²) in [5, 5.41) is 9.33. The summed E-state index contributed by atoms with van der Waals surface area (Å²) in [5.74, 6) is 0.687. The van der Waals surface area contributed by atoms with Crippen molar-refractivity contribution in [3.8, 4) is 0 Å². The highest BCUT2D eigenvalue weighted by atomic mass is 16.5. The number of rotatable bonds is 6. The molecule has 1 saturated carbocycles. The quantitative estimate of drug-likeness (QED) is 0.793. The van der Waals surface area contributed by atoms with Crippen molar-refractivity contribution < 1.29 is 4.74 Å². The number of fused-ring (bicyclic) bond motifs is 1. The maximum Gasteiger partial charge on any atom is 0.160 e. The minimum Gasteiger partial charge on any atom is -0.494 e. The summed E-state index contributed by atoms with van der Waals surface area (Å²) in [6, 6.07) is 0.502. The van der Waals surface area contributed by atoms with Crippen LogP contribution in [0.1, 0.15) is 57.2 Å². The number of aromatic nitrogens is 3. The molecule has 0 atom stereocenters. The Morgan fingerprint density at radius 3 is 2.75 bits per heavy atom. The Hall–Kier alpha value is -2.04. The van der Waals surface area contributed by atoms with E-state index in [0.29, 0.717) is 18.4 Å². The van der Waals surface area contributed by atoms with Gasteiger partial charge in [-0.1, -0.05) is 25.8 Å². The first-order chi connectivity index (χ1) is 11.7. The van der Waals surface area contributed by atoms with Gasteiger partial charge in [-0.2, -0.15) is 5.10 Å². The van der Waals surface area contributed by atoms with Gasteiger partial charge >= 0.3 is 0 Å². The Kier molecular flexibility index (Phi) is 5.07. The molecule has 5 nitrogen and oxygen atoms in total. The van der Waals surface area contributed by atoms with Crippen LogP contribution in [0.2, 0.25) is 0 Å². The first kappa shape index (κ1) is 16.8. The molecule has 0 bridgehead atoms. The molecule has 0 aromatic carbocycles. The maximum absolute atomic E-state index is 5.72. The number of pyridine rings is 1. The van der Waals surface area contributed by atoms with Gasteiger partial charge in [-0.25, -0.2) is 9.67 Å². The molecule has 0 spiro atoms. The molecular weight excluding hydrogens is 300 g/mol. The number of nitrogens with zero attached hydrogens (tertiary/aromatic N) is 3. The van der Waals surface area contributed by atoms with Crippen molar-refractivity contribution in [3.05, 3.63) is 24.0 Å². The van der Waals surface area contributed by atoms with Crippen molar-refractivity contribution in [2.24, 2.45) is 0 Å². The van der Waals surface area contributed by atoms with E-state index in [9.17, 15) is 0 Å². The Labute approximate surface area is 144 Å². The third-order valence-electron chi connectivity index (χ3n) is 4.82. The second-order valence-corrected chi connectivity index (χ2v) is 6.48. The zero-order chi connectivity index (χ0) is 17.1. The van der Waals surface area contributed by atoms with Gasteiger partial charge in [0.25, 0.3) is 0 Å². The van der Waals surface area contributed by atoms with E-state index in [4.69, 9.17) is 9.72 Å². The van der Waals surface area contributed by atoms with E-state index in [-0.39, 0.29) is 0 Å². The van der Waals surface area contributed by atoms with Crippen LogP contribution in [0.5, 0.6) is 0 Å². The zero-order valence-corrected chi connectivity index (χ0v) is 15.1. The fraction of sp³-hybridized carbons (Fsp3) is 0.579. The van der Waals surface area contributed by atoms with E-state index < -0.39 is 0 Å². The van der Waals surface area contributed by atoms with Crippen molar-refractivity contribution in [2.45, 2.75) is 65.5 Å². The van der Waals surface area contributed by atoms with Crippen molar-refractivity contribution in [1.82, 2.24) is 14.8 Å². The van der Waals surface area contributed by atoms with E-state index in [1.807, 2.05) is 24.7 Å². The molecule has 130 valence electrons. The van der Waals surface area contributed by atoms with Crippen LogP contribution < -0.4 is 5.32 Å². The second-order valence-electron chi connectivity index (χ2n) is 6.48. The van der Waals surface area contributed by atoms with Crippen LogP contribution in [0.3, 0.4) is 0 Å². The van der Waals surface area contributed by atoms with Crippen LogP contribution in [-0.4, -0.2) is 27.4 Å². The number of ether oxygens (including phenoxy) is 1. The molecule has 0 radical (unpaired) electrons. The molecule has 1 N–H and O–H groups in total. The van der Waals surface area contributed by atoms with Crippen LogP contribution in [-0.2, 0) is 11.3 Å². The largest absolute Gasteiger partial charge is 0.494 e. The minimum absolute atomic E-state index is 0.502. The SMILES string of the molecule is C=C(OCC)c1c(C)nc2c(cnn2CC)c1NC1CCCCC1. The van der Waals surface area contributed by atoms with Gasteiger partial charge in [0, 0.05) is 12.6 Å². The topological polar surface area (TPSA) is 52.0 Å². The lowest BCUT2D eigenvalue weighted by Gasteiger charge is -2.26. The third kappa shape index (κ3) is 3.12. The molecule has 0 saturated heterocycles. The minimum atomic E-state index is 0.502. The molecule has 2 aromatic rings. The fourth-order valence-corrected chi connectivity index (χ4v) is 3.62. The summed E-state index contributed by atoms with van der Waals surface area (Å²) in [6.07, 6.45) is 8.27. The van der Waals surface area contributed by atoms with E-state index in [0.717, 1.165) is 34.5 Å². The van der Waals surface area contributed by atoms with Gasteiger partial charge in [-0.3, -0.25) is 0 Å². The molecule has 1 aliphatic rings. The Bertz CT molecular complexity index is 729. The van der Waals surface area contributed by atoms with E-state index in [1.54, 1.807) is 0 Å². The Morgan fingerprint density at radius 1 is 1.33 bits per heavy atom. The number of anilines is 1. The normalized spacial score (nSPS) is 15.6. The molecule has 1 aliphatic carbocycles. The highest BCUT2D eigenvalue weighted by molar-refractivity contribution is 5.95. The van der Waals surface area contributed by atoms with Gasteiger partial charge in [0.05, 0.1) is 35.1 Å². The number of hydrogen-bond donors (Lipinski definition) is 1. The zero-order valence-electron chi connectivity index (χ0n) is 15.1. The standard InChI is InChI=1S/C19H28N4O/c1-5-23-19-16(12-20-23)18(22-15-10-8-7-9-11-15)17(13(3)21-19)14(4)24-6-2/h12,15H,4-11H2,1-3H3,(H,21,22). The summed E-state index contributed by atoms with van der Waals surface area (Å²) in [5.41, 5.74) is 3.95. The predicted octanol–water partition coefficient (Wildman–Crippen LogP) is 4.51. The molecule has 0 unspecified atom stereocenters. The van der Waals surface area contributed by atoms with Gasteiger partial charge in [-0.15, -0.1) is 0 Å². The van der Waals surface area contributed by atoms with Crippen molar-refractivity contribution in [2.75, 3.05) is 11.9 Å². The van der Waals surface area contributed by atoms with Crippen LogP contribution in [0, 0.1) is 6.92 Å². The second kappa shape index (κ2) is 7.24. The average molecular weight is 328 g/mol. The van der Waals surface area contributed by atoms with Crippen LogP contribution in [0.4, 0.5) is 5.69 Å². The highest BCUT2D eigenvalue weighted by Crippen LogP contribution is 2.35. The monoisotopic (exact) mass is 328 g/mol. The summed E-state index contributed by atoms with van der Waals surface area (Å²) in [4.78, 5) is 4.78. The third-order valence-corrected chi connectivity index (χ3v) is 4.82. The van der Waals surface area contributed by atoms with Gasteiger partial charge < -0.3 is 10.1 Å². The maximum atomic E-state index is 5.72. The van der Waals surface area contributed by atoms with Gasteiger partial charge in [-0.05, 0) is 33.6 Å². The lowest BCUT2D eigenvalue weighted by molar-refractivity contribution is 0.299. The molecule has 1 fully saturated rings. The van der Waals surface area contributed by atoms with Crippen molar-refractivity contribution in [3.63, 3.8) is 0 Å². The van der Waals surface area contributed by atoms with E-state index >= 15 is 0 Å². The lowest BCUT2D eigenvalue weighted by atomic mass is 9.94. The van der Waals surface area contributed by atoms with E-state index in [2.05, 4.69) is 23.9 Å². The van der Waals surface area contributed by atoms with Gasteiger partial charge in [0.2, 0.25) is 0 Å². The summed E-state index contributed by atoms with van der Waals surface area (Å²) in [7, 11) is 0. The molecule has 2 aromatic heterocycles. The highest BCUT2D eigenvalue weighted by Gasteiger charge is 2.22. The Balaban J connectivity index is 2.10. The Morgan fingerprint density at radius 2 is 2.08 bits per heavy atom. The molecule has 2 heterocycles. The van der Waals surface area contributed by atoms with Crippen LogP contribution in [0.15, 0.2) is 12.8 Å². The van der Waals surface area contributed by atoms with Crippen molar-refractivity contribution in [1.29, 1.82) is 0 Å². The summed E-state index contributed by atoms with van der Waals surface area (Å²) in [6.45, 7) is 11.6. The summed E-state index contributed by atoms with van der Waals surface area (Å²) >= 11 is 0. The first-order valence-electron chi connectivity index (χ1n) is 9.10. The molecule has 5 heteroatoms. The predicted molar refractivity (Wildman–Crippen MR) is 99.1 cm³/mol.